The summed E-state index contributed by atoms with van der Waals surface area (Å²) in [5, 5.41) is 0. The first-order valence-corrected chi connectivity index (χ1v) is 9.95. The highest BCUT2D eigenvalue weighted by molar-refractivity contribution is 5.85. The molecular formula is C22H28N2O. The van der Waals surface area contributed by atoms with Crippen molar-refractivity contribution in [1.29, 1.82) is 0 Å². The van der Waals surface area contributed by atoms with Gasteiger partial charge in [0.25, 0.3) is 0 Å². The van der Waals surface area contributed by atoms with Crippen LogP contribution in [0, 0.1) is 11.8 Å². The van der Waals surface area contributed by atoms with E-state index < -0.39 is 0 Å². The predicted octanol–water partition coefficient (Wildman–Crippen LogP) is 3.80. The van der Waals surface area contributed by atoms with Gasteiger partial charge in [-0.25, -0.2) is 0 Å². The summed E-state index contributed by atoms with van der Waals surface area (Å²) in [4.78, 5) is 8.05. The molecule has 1 saturated carbocycles. The van der Waals surface area contributed by atoms with E-state index in [0.29, 0.717) is 11.8 Å². The summed E-state index contributed by atoms with van der Waals surface area (Å²) in [5.74, 6) is 2.59. The Balaban J connectivity index is 1.61. The molecule has 4 aliphatic rings. The van der Waals surface area contributed by atoms with Crippen molar-refractivity contribution >= 4 is 5.84 Å². The van der Waals surface area contributed by atoms with E-state index in [0.717, 1.165) is 32.7 Å². The summed E-state index contributed by atoms with van der Waals surface area (Å²) in [6, 6.07) is 11.2. The molecule has 2 heterocycles. The molecule has 1 spiro atoms. The second-order valence-corrected chi connectivity index (χ2v) is 8.08. The highest BCUT2D eigenvalue weighted by Gasteiger charge is 2.66. The third-order valence-electron chi connectivity index (χ3n) is 7.38. The van der Waals surface area contributed by atoms with Crippen LogP contribution in [0.4, 0.5) is 0 Å². The molecule has 1 saturated heterocycles. The van der Waals surface area contributed by atoms with E-state index in [1.165, 1.54) is 30.7 Å². The minimum Gasteiger partial charge on any atom is -0.378 e. The van der Waals surface area contributed by atoms with Crippen LogP contribution < -0.4 is 0 Å². The average molecular weight is 336 g/mol. The summed E-state index contributed by atoms with van der Waals surface area (Å²) >= 11 is 0. The minimum atomic E-state index is 0.0656. The van der Waals surface area contributed by atoms with Crippen LogP contribution in [-0.4, -0.2) is 42.6 Å². The second kappa shape index (κ2) is 5.70. The van der Waals surface area contributed by atoms with Crippen molar-refractivity contribution in [2.24, 2.45) is 16.8 Å². The highest BCUT2D eigenvalue weighted by atomic mass is 16.5. The summed E-state index contributed by atoms with van der Waals surface area (Å²) in [6.07, 6.45) is 9.76. The van der Waals surface area contributed by atoms with Crippen LogP contribution in [0.5, 0.6) is 0 Å². The van der Waals surface area contributed by atoms with Gasteiger partial charge in [0, 0.05) is 30.8 Å². The molecule has 4 unspecified atom stereocenters. The molecule has 1 aromatic rings. The Morgan fingerprint density at radius 1 is 1.12 bits per heavy atom. The normalized spacial score (nSPS) is 39.4. The number of aliphatic imine (C=N–C) groups is 1. The zero-order valence-electron chi connectivity index (χ0n) is 15.2. The third-order valence-corrected chi connectivity index (χ3v) is 7.38. The molecule has 3 nitrogen and oxygen atoms in total. The molecule has 3 heteroatoms. The maximum absolute atomic E-state index is 5.56. The number of ether oxygens (including phenoxy) is 1. The summed E-state index contributed by atoms with van der Waals surface area (Å²) in [5.41, 5.74) is 1.74. The van der Waals surface area contributed by atoms with Gasteiger partial charge in [0.05, 0.1) is 24.6 Å². The van der Waals surface area contributed by atoms with Crippen LogP contribution in [0.15, 0.2) is 47.5 Å². The number of hydrogen-bond acceptors (Lipinski definition) is 3. The lowest BCUT2D eigenvalue weighted by Gasteiger charge is -2.48. The lowest BCUT2D eigenvalue weighted by molar-refractivity contribution is 0.0673. The van der Waals surface area contributed by atoms with Gasteiger partial charge in [-0.2, -0.15) is 0 Å². The van der Waals surface area contributed by atoms with Crippen LogP contribution >= 0.6 is 0 Å². The molecule has 1 aromatic carbocycles. The number of morpholine rings is 1. The summed E-state index contributed by atoms with van der Waals surface area (Å²) < 4.78 is 5.55. The molecule has 0 radical (unpaired) electrons. The number of nitrogens with zero attached hydrogens (tertiary/aromatic N) is 2. The van der Waals surface area contributed by atoms with Crippen LogP contribution in [0.2, 0.25) is 0 Å². The van der Waals surface area contributed by atoms with Crippen LogP contribution in [0.3, 0.4) is 0 Å². The molecule has 132 valence electrons. The van der Waals surface area contributed by atoms with Gasteiger partial charge in [-0.1, -0.05) is 49.4 Å². The van der Waals surface area contributed by atoms with Gasteiger partial charge >= 0.3 is 0 Å². The first-order valence-electron chi connectivity index (χ1n) is 9.95. The Kier molecular flexibility index (Phi) is 3.56. The first-order chi connectivity index (χ1) is 12.3. The van der Waals surface area contributed by atoms with Crippen molar-refractivity contribution in [2.75, 3.05) is 26.3 Å². The number of amidine groups is 1. The van der Waals surface area contributed by atoms with E-state index in [2.05, 4.69) is 54.3 Å². The van der Waals surface area contributed by atoms with E-state index in [4.69, 9.17) is 9.73 Å². The average Bonchev–Trinajstić information content (AvgIpc) is 3.39. The second-order valence-electron chi connectivity index (χ2n) is 8.08. The number of benzene rings is 1. The number of hydrogen-bond donors (Lipinski definition) is 0. The fourth-order valence-corrected chi connectivity index (χ4v) is 6.33. The number of allylic oxidation sites excluding steroid dienone is 1. The van der Waals surface area contributed by atoms with Crippen LogP contribution in [0.1, 0.15) is 38.2 Å². The molecule has 25 heavy (non-hydrogen) atoms. The van der Waals surface area contributed by atoms with Crippen molar-refractivity contribution in [3.05, 3.63) is 48.0 Å². The van der Waals surface area contributed by atoms with Gasteiger partial charge in [0.15, 0.2) is 0 Å². The number of fused-ring (bicyclic) bond motifs is 3. The largest absolute Gasteiger partial charge is 0.378 e. The Morgan fingerprint density at radius 3 is 2.64 bits per heavy atom. The summed E-state index contributed by atoms with van der Waals surface area (Å²) in [7, 11) is 0. The van der Waals surface area contributed by atoms with Crippen LogP contribution in [0.25, 0.3) is 0 Å². The van der Waals surface area contributed by atoms with Crippen molar-refractivity contribution in [3.8, 4) is 0 Å². The number of rotatable bonds is 2. The van der Waals surface area contributed by atoms with E-state index in [1.807, 2.05) is 0 Å². The maximum Gasteiger partial charge on any atom is 0.0999 e. The molecular weight excluding hydrogens is 308 g/mol. The van der Waals surface area contributed by atoms with Gasteiger partial charge in [-0.05, 0) is 30.7 Å². The quantitative estimate of drug-likeness (QED) is 0.767. The molecule has 2 aliphatic carbocycles. The van der Waals surface area contributed by atoms with Gasteiger partial charge in [0.1, 0.15) is 0 Å². The Morgan fingerprint density at radius 2 is 1.88 bits per heavy atom. The smallest absolute Gasteiger partial charge is 0.0999 e. The topological polar surface area (TPSA) is 24.8 Å². The Hall–Kier alpha value is -1.61. The monoisotopic (exact) mass is 336 g/mol. The van der Waals surface area contributed by atoms with Gasteiger partial charge < -0.3 is 9.64 Å². The van der Waals surface area contributed by atoms with Crippen LogP contribution in [-0.2, 0) is 10.2 Å². The van der Waals surface area contributed by atoms with E-state index in [-0.39, 0.29) is 11.0 Å². The Labute approximate surface area is 150 Å². The SMILES string of the molecule is CCC1(c2ccccc2)C2C=CC(C2)C12CCC(N1CCOCC1)=N2. The fraction of sp³-hybridized carbons (Fsp3) is 0.591. The zero-order valence-corrected chi connectivity index (χ0v) is 15.2. The van der Waals surface area contributed by atoms with Gasteiger partial charge in [-0.15, -0.1) is 0 Å². The maximum atomic E-state index is 5.56. The van der Waals surface area contributed by atoms with Crippen molar-refractivity contribution < 1.29 is 4.74 Å². The zero-order chi connectivity index (χ0) is 16.9. The Bertz CT molecular complexity index is 706. The van der Waals surface area contributed by atoms with Crippen molar-refractivity contribution in [1.82, 2.24) is 4.90 Å². The molecule has 0 N–H and O–H groups in total. The van der Waals surface area contributed by atoms with Crippen molar-refractivity contribution in [3.63, 3.8) is 0 Å². The lowest BCUT2D eigenvalue weighted by Crippen LogP contribution is -2.52. The van der Waals surface area contributed by atoms with Gasteiger partial charge in [0.2, 0.25) is 0 Å². The molecule has 4 atom stereocenters. The summed E-state index contributed by atoms with van der Waals surface area (Å²) in [6.45, 7) is 6.07. The predicted molar refractivity (Wildman–Crippen MR) is 101 cm³/mol. The standard InChI is InChI=1S/C22H28N2O/c1-2-21(17-6-4-3-5-7-17)18-8-9-19(16-18)22(21)11-10-20(23-22)24-12-14-25-15-13-24/h3-9,18-19H,2,10-16H2,1H3. The third kappa shape index (κ3) is 1.99. The molecule has 0 aromatic heterocycles. The molecule has 0 amide bonds. The van der Waals surface area contributed by atoms with E-state index in [1.54, 1.807) is 0 Å². The molecule has 2 bridgehead atoms. The molecule has 5 rings (SSSR count). The fourth-order valence-electron chi connectivity index (χ4n) is 6.33. The minimum absolute atomic E-state index is 0.0656. The van der Waals surface area contributed by atoms with E-state index in [9.17, 15) is 0 Å². The van der Waals surface area contributed by atoms with Crippen molar-refractivity contribution in [2.45, 2.75) is 43.6 Å². The molecule has 2 aliphatic heterocycles. The first kappa shape index (κ1) is 15.6. The van der Waals surface area contributed by atoms with E-state index >= 15 is 0 Å². The lowest BCUT2D eigenvalue weighted by atomic mass is 9.57. The molecule has 2 fully saturated rings. The highest BCUT2D eigenvalue weighted by Crippen LogP contribution is 2.65. The van der Waals surface area contributed by atoms with Gasteiger partial charge in [-0.3, -0.25) is 4.99 Å².